The van der Waals surface area contributed by atoms with Crippen LogP contribution in [0.3, 0.4) is 0 Å². The molecule has 1 saturated heterocycles. The zero-order valence-electron chi connectivity index (χ0n) is 20.9. The first kappa shape index (κ1) is 21.8. The Morgan fingerprint density at radius 2 is 1.75 bits per heavy atom. The third-order valence-electron chi connectivity index (χ3n) is 8.56. The van der Waals surface area contributed by atoms with Gasteiger partial charge < -0.3 is 9.32 Å². The number of aryl methyl sites for hydroxylation is 2. The molecule has 0 unspecified atom stereocenters. The number of hydrogen-bond acceptors (Lipinski definition) is 4. The molecule has 1 spiro atoms. The van der Waals surface area contributed by atoms with Gasteiger partial charge in [0.05, 0.1) is 0 Å². The highest BCUT2D eigenvalue weighted by Gasteiger charge is 2.57. The predicted molar refractivity (Wildman–Crippen MR) is 139 cm³/mol. The molecule has 2 aliphatic carbocycles. The molecule has 2 saturated carbocycles. The van der Waals surface area contributed by atoms with Gasteiger partial charge in [0.25, 0.3) is 5.91 Å². The van der Waals surface area contributed by atoms with Gasteiger partial charge >= 0.3 is 0 Å². The number of amides is 2. The van der Waals surface area contributed by atoms with E-state index in [0.717, 1.165) is 84.4 Å². The quantitative estimate of drug-likeness (QED) is 0.509. The molecule has 3 aromatic rings. The Kier molecular flexibility index (Phi) is 4.73. The summed E-state index contributed by atoms with van der Waals surface area (Å²) in [6.07, 6.45) is 4.70. The zero-order chi connectivity index (χ0) is 24.6. The molecule has 36 heavy (non-hydrogen) atoms. The molecule has 2 aromatic carbocycles. The predicted octanol–water partition coefficient (Wildman–Crippen LogP) is 5.10. The van der Waals surface area contributed by atoms with E-state index in [9.17, 15) is 9.59 Å². The van der Waals surface area contributed by atoms with E-state index in [-0.39, 0.29) is 11.8 Å². The number of nitrogens with zero attached hydrogens (tertiary/aromatic N) is 3. The fourth-order valence-electron chi connectivity index (χ4n) is 5.86. The summed E-state index contributed by atoms with van der Waals surface area (Å²) in [4.78, 5) is 34.8. The third-order valence-corrected chi connectivity index (χ3v) is 8.56. The molecule has 4 aliphatic rings. The van der Waals surface area contributed by atoms with Crippen LogP contribution in [-0.2, 0) is 9.59 Å². The van der Waals surface area contributed by atoms with Crippen molar-refractivity contribution in [3.8, 4) is 11.1 Å². The third kappa shape index (κ3) is 3.49. The van der Waals surface area contributed by atoms with Crippen LogP contribution in [0, 0.1) is 25.7 Å². The molecule has 184 valence electrons. The number of aliphatic imine (C=N–C) groups is 1. The smallest absolute Gasteiger partial charge is 0.256 e. The molecule has 6 heteroatoms. The number of carbonyl (C=O) groups excluding carboxylic acids is 2. The second-order valence-corrected chi connectivity index (χ2v) is 11.2. The van der Waals surface area contributed by atoms with Crippen molar-refractivity contribution in [2.75, 3.05) is 19.6 Å². The number of benzene rings is 2. The number of hydrogen-bond donors (Lipinski definition) is 0. The molecule has 1 atom stereocenters. The van der Waals surface area contributed by atoms with Crippen molar-refractivity contribution in [1.29, 1.82) is 0 Å². The van der Waals surface area contributed by atoms with Crippen molar-refractivity contribution in [1.82, 2.24) is 9.80 Å². The molecular formula is C30H31N3O3. The minimum absolute atomic E-state index is 0.143. The Labute approximate surface area is 211 Å². The zero-order valence-corrected chi connectivity index (χ0v) is 20.9. The standard InChI is InChI=1S/C30H31N3O3/c1-18-19(2)36-26-10-9-24(15-25(18)26)21-3-5-22(6-4-21)27-31-30(12-13-30)29(35)33(27)17-20-11-14-32(16-20)28(34)23-7-8-23/h3-6,9-10,15,20,23H,7-8,11-14,16-17H2,1-2H3/t20-/m1/s1. The van der Waals surface area contributed by atoms with Crippen LogP contribution in [0.25, 0.3) is 22.1 Å². The molecule has 2 aliphatic heterocycles. The molecular weight excluding hydrogens is 450 g/mol. The molecule has 1 aromatic heterocycles. The summed E-state index contributed by atoms with van der Waals surface area (Å²) in [5.41, 5.74) is 4.82. The van der Waals surface area contributed by atoms with E-state index >= 15 is 0 Å². The minimum atomic E-state index is -0.530. The van der Waals surface area contributed by atoms with E-state index < -0.39 is 5.54 Å². The Morgan fingerprint density at radius 3 is 2.47 bits per heavy atom. The maximum atomic E-state index is 13.4. The van der Waals surface area contributed by atoms with E-state index in [4.69, 9.17) is 9.41 Å². The van der Waals surface area contributed by atoms with E-state index in [1.54, 1.807) is 0 Å². The summed E-state index contributed by atoms with van der Waals surface area (Å²) in [6, 6.07) is 14.7. The lowest BCUT2D eigenvalue weighted by Crippen LogP contribution is -2.40. The lowest BCUT2D eigenvalue weighted by Gasteiger charge is -2.23. The van der Waals surface area contributed by atoms with Crippen LogP contribution in [0.4, 0.5) is 0 Å². The van der Waals surface area contributed by atoms with Crippen LogP contribution in [-0.4, -0.2) is 52.6 Å². The van der Waals surface area contributed by atoms with Gasteiger partial charge in [-0.25, -0.2) is 0 Å². The summed E-state index contributed by atoms with van der Waals surface area (Å²) >= 11 is 0. The highest BCUT2D eigenvalue weighted by Crippen LogP contribution is 2.46. The summed E-state index contributed by atoms with van der Waals surface area (Å²) in [6.45, 7) is 6.31. The van der Waals surface area contributed by atoms with Gasteiger partial charge in [-0.05, 0) is 80.7 Å². The Morgan fingerprint density at radius 1 is 1.03 bits per heavy atom. The van der Waals surface area contributed by atoms with Gasteiger partial charge in [-0.15, -0.1) is 0 Å². The van der Waals surface area contributed by atoms with E-state index in [0.29, 0.717) is 18.4 Å². The fraction of sp³-hybridized carbons (Fsp3) is 0.433. The molecule has 3 fully saturated rings. The van der Waals surface area contributed by atoms with Crippen molar-refractivity contribution in [2.45, 2.75) is 51.5 Å². The number of likely N-dealkylation sites (tertiary alicyclic amines) is 1. The van der Waals surface area contributed by atoms with Crippen molar-refractivity contribution in [3.63, 3.8) is 0 Å². The molecule has 2 amide bonds. The van der Waals surface area contributed by atoms with Crippen LogP contribution in [0.5, 0.6) is 0 Å². The van der Waals surface area contributed by atoms with Crippen LogP contribution < -0.4 is 0 Å². The van der Waals surface area contributed by atoms with Gasteiger partial charge in [0.15, 0.2) is 0 Å². The van der Waals surface area contributed by atoms with Gasteiger partial charge in [-0.3, -0.25) is 19.5 Å². The number of amidine groups is 1. The van der Waals surface area contributed by atoms with Crippen molar-refractivity contribution in [2.24, 2.45) is 16.8 Å². The first-order chi connectivity index (χ1) is 17.4. The molecule has 0 N–H and O–H groups in total. The molecule has 0 radical (unpaired) electrons. The van der Waals surface area contributed by atoms with Gasteiger partial charge in [-0.1, -0.05) is 30.3 Å². The first-order valence-corrected chi connectivity index (χ1v) is 13.2. The van der Waals surface area contributed by atoms with E-state index in [1.807, 2.05) is 22.8 Å². The molecule has 6 nitrogen and oxygen atoms in total. The molecule has 0 bridgehead atoms. The van der Waals surface area contributed by atoms with E-state index in [1.165, 1.54) is 5.56 Å². The average molecular weight is 482 g/mol. The monoisotopic (exact) mass is 481 g/mol. The normalized spacial score (nSPS) is 22.7. The highest BCUT2D eigenvalue weighted by atomic mass is 16.3. The Hall–Kier alpha value is -3.41. The number of fused-ring (bicyclic) bond motifs is 1. The second-order valence-electron chi connectivity index (χ2n) is 11.2. The lowest BCUT2D eigenvalue weighted by molar-refractivity contribution is -0.131. The maximum Gasteiger partial charge on any atom is 0.256 e. The second kappa shape index (κ2) is 7.79. The van der Waals surface area contributed by atoms with Gasteiger partial charge in [0, 0.05) is 36.5 Å². The van der Waals surface area contributed by atoms with Crippen molar-refractivity contribution in [3.05, 3.63) is 59.4 Å². The number of rotatable bonds is 5. The van der Waals surface area contributed by atoms with Crippen LogP contribution >= 0.6 is 0 Å². The summed E-state index contributed by atoms with van der Waals surface area (Å²) in [5.74, 6) is 2.77. The summed E-state index contributed by atoms with van der Waals surface area (Å²) in [7, 11) is 0. The van der Waals surface area contributed by atoms with Crippen molar-refractivity contribution < 1.29 is 14.0 Å². The lowest BCUT2D eigenvalue weighted by atomic mass is 10.0. The number of furan rings is 1. The first-order valence-electron chi connectivity index (χ1n) is 13.2. The van der Waals surface area contributed by atoms with Crippen molar-refractivity contribution >= 4 is 28.6 Å². The van der Waals surface area contributed by atoms with Gasteiger partial charge in [0.2, 0.25) is 5.91 Å². The topological polar surface area (TPSA) is 66.1 Å². The highest BCUT2D eigenvalue weighted by molar-refractivity contribution is 6.16. The fourth-order valence-corrected chi connectivity index (χ4v) is 5.86. The van der Waals surface area contributed by atoms with Gasteiger partial charge in [0.1, 0.15) is 22.7 Å². The summed E-state index contributed by atoms with van der Waals surface area (Å²) < 4.78 is 5.84. The molecule has 3 heterocycles. The Balaban J connectivity index is 1.13. The maximum absolute atomic E-state index is 13.4. The minimum Gasteiger partial charge on any atom is -0.461 e. The summed E-state index contributed by atoms with van der Waals surface area (Å²) in [5, 5.41) is 1.15. The van der Waals surface area contributed by atoms with Gasteiger partial charge in [-0.2, -0.15) is 0 Å². The van der Waals surface area contributed by atoms with E-state index in [2.05, 4.69) is 43.3 Å². The van der Waals surface area contributed by atoms with Crippen LogP contribution in [0.1, 0.15) is 49.0 Å². The SMILES string of the molecule is Cc1oc2ccc(-c3ccc(C4=NC5(CC5)C(=O)N4C[C@@H]4CCN(C(=O)C5CC5)C4)cc3)cc2c1C. The average Bonchev–Trinajstić information content (AvgIpc) is 3.80. The molecule has 7 rings (SSSR count). The van der Waals surface area contributed by atoms with Crippen LogP contribution in [0.15, 0.2) is 51.9 Å². The number of carbonyl (C=O) groups is 2. The van der Waals surface area contributed by atoms with Crippen LogP contribution in [0.2, 0.25) is 0 Å². The Bertz CT molecular complexity index is 1430. The largest absolute Gasteiger partial charge is 0.461 e.